The highest BCUT2D eigenvalue weighted by atomic mass is 19.4. The summed E-state index contributed by atoms with van der Waals surface area (Å²) in [5.74, 6) is -0.508. The SMILES string of the molecule is C=C(C)c1cc(Nc2nc(N3CCCC(N)C3)ncc2C(N)=O)cc(C(F)(F)F)n1. The van der Waals surface area contributed by atoms with Crippen LogP contribution < -0.4 is 21.7 Å². The van der Waals surface area contributed by atoms with Gasteiger partial charge >= 0.3 is 6.18 Å². The van der Waals surface area contributed by atoms with E-state index in [9.17, 15) is 18.0 Å². The number of primary amides is 1. The zero-order valence-corrected chi connectivity index (χ0v) is 16.3. The van der Waals surface area contributed by atoms with E-state index in [1.54, 1.807) is 6.92 Å². The summed E-state index contributed by atoms with van der Waals surface area (Å²) in [4.78, 5) is 25.8. The molecular weight excluding hydrogens is 399 g/mol. The maximum atomic E-state index is 13.3. The van der Waals surface area contributed by atoms with E-state index in [0.29, 0.717) is 24.6 Å². The van der Waals surface area contributed by atoms with Crippen LogP contribution in [0.2, 0.25) is 0 Å². The number of nitrogens with two attached hydrogens (primary N) is 2. The van der Waals surface area contributed by atoms with Crippen LogP contribution in [0, 0.1) is 0 Å². The molecule has 5 N–H and O–H groups in total. The lowest BCUT2D eigenvalue weighted by molar-refractivity contribution is -0.141. The van der Waals surface area contributed by atoms with Gasteiger partial charge in [-0.05, 0) is 37.5 Å². The van der Waals surface area contributed by atoms with Gasteiger partial charge in [0.15, 0.2) is 0 Å². The summed E-state index contributed by atoms with van der Waals surface area (Å²) in [6.45, 7) is 6.40. The Kier molecular flexibility index (Phi) is 5.92. The average molecular weight is 421 g/mol. The molecule has 1 amide bonds. The van der Waals surface area contributed by atoms with Crippen LogP contribution >= 0.6 is 0 Å². The summed E-state index contributed by atoms with van der Waals surface area (Å²) in [5, 5.41) is 2.76. The molecule has 2 aromatic heterocycles. The predicted molar refractivity (Wildman–Crippen MR) is 107 cm³/mol. The lowest BCUT2D eigenvalue weighted by Crippen LogP contribution is -2.43. The Morgan fingerprint density at radius 3 is 2.67 bits per heavy atom. The van der Waals surface area contributed by atoms with Crippen molar-refractivity contribution in [2.24, 2.45) is 11.5 Å². The molecule has 8 nitrogen and oxygen atoms in total. The van der Waals surface area contributed by atoms with Crippen LogP contribution in [-0.4, -0.2) is 40.0 Å². The first-order valence-electron chi connectivity index (χ1n) is 9.24. The third-order valence-electron chi connectivity index (χ3n) is 4.60. The van der Waals surface area contributed by atoms with Crippen LogP contribution in [0.3, 0.4) is 0 Å². The third-order valence-corrected chi connectivity index (χ3v) is 4.60. The number of amides is 1. The molecule has 11 heteroatoms. The number of anilines is 3. The zero-order chi connectivity index (χ0) is 22.1. The number of aromatic nitrogens is 3. The van der Waals surface area contributed by atoms with Gasteiger partial charge in [0.05, 0.1) is 5.69 Å². The molecule has 0 saturated carbocycles. The Balaban J connectivity index is 2.02. The second-order valence-electron chi connectivity index (χ2n) is 7.17. The summed E-state index contributed by atoms with van der Waals surface area (Å²) in [6, 6.07) is 2.18. The van der Waals surface area contributed by atoms with Crippen LogP contribution in [0.15, 0.2) is 24.9 Å². The summed E-state index contributed by atoms with van der Waals surface area (Å²) < 4.78 is 39.8. The number of nitrogens with one attached hydrogen (secondary N) is 1. The van der Waals surface area contributed by atoms with Crippen LogP contribution in [0.25, 0.3) is 5.57 Å². The molecule has 30 heavy (non-hydrogen) atoms. The monoisotopic (exact) mass is 421 g/mol. The molecule has 0 aliphatic carbocycles. The fourth-order valence-electron chi connectivity index (χ4n) is 3.10. The molecule has 3 rings (SSSR count). The van der Waals surface area contributed by atoms with Crippen molar-refractivity contribution in [1.29, 1.82) is 0 Å². The highest BCUT2D eigenvalue weighted by Crippen LogP contribution is 2.32. The van der Waals surface area contributed by atoms with E-state index in [-0.39, 0.29) is 28.8 Å². The van der Waals surface area contributed by atoms with Crippen molar-refractivity contribution >= 4 is 28.9 Å². The number of hydrogen-bond acceptors (Lipinski definition) is 7. The predicted octanol–water partition coefficient (Wildman–Crippen LogP) is 2.69. The molecule has 0 aromatic carbocycles. The van der Waals surface area contributed by atoms with Crippen molar-refractivity contribution in [3.8, 4) is 0 Å². The molecule has 160 valence electrons. The zero-order valence-electron chi connectivity index (χ0n) is 16.3. The lowest BCUT2D eigenvalue weighted by atomic mass is 10.1. The molecule has 1 saturated heterocycles. The molecule has 1 atom stereocenters. The topological polar surface area (TPSA) is 123 Å². The van der Waals surface area contributed by atoms with Crippen molar-refractivity contribution < 1.29 is 18.0 Å². The number of piperidine rings is 1. The van der Waals surface area contributed by atoms with Crippen LogP contribution in [0.5, 0.6) is 0 Å². The molecule has 0 radical (unpaired) electrons. The van der Waals surface area contributed by atoms with E-state index in [2.05, 4.69) is 26.8 Å². The number of nitrogens with zero attached hydrogens (tertiary/aromatic N) is 4. The fourth-order valence-corrected chi connectivity index (χ4v) is 3.10. The second kappa shape index (κ2) is 8.27. The first-order chi connectivity index (χ1) is 14.0. The van der Waals surface area contributed by atoms with Crippen LogP contribution in [0.1, 0.15) is 41.5 Å². The third kappa shape index (κ3) is 4.85. The van der Waals surface area contributed by atoms with Crippen LogP contribution in [0.4, 0.5) is 30.6 Å². The molecule has 1 fully saturated rings. The molecule has 0 spiro atoms. The summed E-state index contributed by atoms with van der Waals surface area (Å²) >= 11 is 0. The van der Waals surface area contributed by atoms with E-state index in [0.717, 1.165) is 18.9 Å². The van der Waals surface area contributed by atoms with E-state index < -0.39 is 17.8 Å². The Morgan fingerprint density at radius 2 is 2.07 bits per heavy atom. The molecule has 1 aliphatic heterocycles. The molecular formula is C19H22F3N7O. The smallest absolute Gasteiger partial charge is 0.365 e. The highest BCUT2D eigenvalue weighted by Gasteiger charge is 2.33. The van der Waals surface area contributed by atoms with Gasteiger partial charge in [0.2, 0.25) is 5.95 Å². The first kappa shape index (κ1) is 21.5. The Labute approximate surface area is 171 Å². The van der Waals surface area contributed by atoms with Crippen molar-refractivity contribution in [2.45, 2.75) is 32.0 Å². The van der Waals surface area contributed by atoms with Crippen molar-refractivity contribution in [3.63, 3.8) is 0 Å². The number of carbonyl (C=O) groups is 1. The van der Waals surface area contributed by atoms with Crippen molar-refractivity contribution in [1.82, 2.24) is 15.0 Å². The number of rotatable bonds is 5. The normalized spacial score (nSPS) is 17.0. The average Bonchev–Trinajstić information content (AvgIpc) is 2.66. The number of alkyl halides is 3. The van der Waals surface area contributed by atoms with Gasteiger partial charge in [0, 0.05) is 31.0 Å². The number of allylic oxidation sites excluding steroid dienone is 1. The lowest BCUT2D eigenvalue weighted by Gasteiger charge is -2.31. The standard InChI is InChI=1S/C19H22F3N7O/c1-10(2)14-6-12(7-15(27-14)19(20,21)22)26-17-13(16(24)30)8-25-18(28-17)29-5-3-4-11(23)9-29/h6-8,11H,1,3-5,9,23H2,2H3,(H2,24,30)(H,25,26,27,28). The molecule has 3 heterocycles. The molecule has 1 unspecified atom stereocenters. The fraction of sp³-hybridized carbons (Fsp3) is 0.368. The Bertz CT molecular complexity index is 977. The molecule has 0 bridgehead atoms. The number of carbonyl (C=O) groups excluding carboxylic acids is 1. The van der Waals surface area contributed by atoms with Crippen molar-refractivity contribution in [2.75, 3.05) is 23.3 Å². The van der Waals surface area contributed by atoms with Crippen LogP contribution in [-0.2, 0) is 6.18 Å². The minimum atomic E-state index is -4.66. The first-order valence-corrected chi connectivity index (χ1v) is 9.24. The van der Waals surface area contributed by atoms with Gasteiger partial charge in [-0.2, -0.15) is 18.2 Å². The summed E-state index contributed by atoms with van der Waals surface area (Å²) in [5.41, 5.74) is 10.7. The number of pyridine rings is 1. The number of halogens is 3. The van der Waals surface area contributed by atoms with Gasteiger partial charge in [-0.1, -0.05) is 6.58 Å². The molecule has 2 aromatic rings. The van der Waals surface area contributed by atoms with E-state index in [1.807, 2.05) is 4.90 Å². The summed E-state index contributed by atoms with van der Waals surface area (Å²) in [6.07, 6.45) is -1.68. The highest BCUT2D eigenvalue weighted by molar-refractivity contribution is 5.98. The number of hydrogen-bond donors (Lipinski definition) is 3. The van der Waals surface area contributed by atoms with Crippen molar-refractivity contribution in [3.05, 3.63) is 41.9 Å². The maximum absolute atomic E-state index is 13.3. The maximum Gasteiger partial charge on any atom is 0.433 e. The van der Waals surface area contributed by atoms with Gasteiger partial charge < -0.3 is 21.7 Å². The van der Waals surface area contributed by atoms with E-state index in [1.165, 1.54) is 12.3 Å². The van der Waals surface area contributed by atoms with Gasteiger partial charge in [0.1, 0.15) is 17.1 Å². The van der Waals surface area contributed by atoms with E-state index >= 15 is 0 Å². The summed E-state index contributed by atoms with van der Waals surface area (Å²) in [7, 11) is 0. The van der Waals surface area contributed by atoms with Gasteiger partial charge in [0.25, 0.3) is 5.91 Å². The quantitative estimate of drug-likeness (QED) is 0.678. The Hall–Kier alpha value is -3.21. The minimum Gasteiger partial charge on any atom is -0.365 e. The van der Waals surface area contributed by atoms with Gasteiger partial charge in [-0.3, -0.25) is 4.79 Å². The molecule has 1 aliphatic rings. The van der Waals surface area contributed by atoms with Gasteiger partial charge in [-0.25, -0.2) is 9.97 Å². The van der Waals surface area contributed by atoms with E-state index in [4.69, 9.17) is 11.5 Å². The minimum absolute atomic E-state index is 0.00126. The largest absolute Gasteiger partial charge is 0.433 e. The second-order valence-corrected chi connectivity index (χ2v) is 7.17. The Morgan fingerprint density at radius 1 is 1.33 bits per heavy atom. The van der Waals surface area contributed by atoms with Gasteiger partial charge in [-0.15, -0.1) is 0 Å².